The van der Waals surface area contributed by atoms with Gasteiger partial charge in [0.15, 0.2) is 9.84 Å². The molecule has 0 saturated heterocycles. The summed E-state index contributed by atoms with van der Waals surface area (Å²) in [6.07, 6.45) is 1.26. The van der Waals surface area contributed by atoms with Gasteiger partial charge in [0.2, 0.25) is 5.91 Å². The Morgan fingerprint density at radius 1 is 1.08 bits per heavy atom. The van der Waals surface area contributed by atoms with Gasteiger partial charge in [-0.25, -0.2) is 8.42 Å². The van der Waals surface area contributed by atoms with Crippen molar-refractivity contribution in [3.8, 4) is 0 Å². The summed E-state index contributed by atoms with van der Waals surface area (Å²) in [5.41, 5.74) is 1.44. The standard InChI is InChI=1S/C18H19Cl2NO3S/c1-12(13-7-9-14(10-8-13)25(3,23)24)21(2)18(22)11-15-16(19)5-4-6-17(15)20/h4-10,12H,11H2,1-3H3. The Bertz CT molecular complexity index is 859. The first-order chi connectivity index (χ1) is 11.6. The van der Waals surface area contributed by atoms with Crippen LogP contribution in [0.4, 0.5) is 0 Å². The summed E-state index contributed by atoms with van der Waals surface area (Å²) in [7, 11) is -1.55. The van der Waals surface area contributed by atoms with Crippen LogP contribution < -0.4 is 0 Å². The molecule has 2 aromatic rings. The average Bonchev–Trinajstić information content (AvgIpc) is 2.56. The van der Waals surface area contributed by atoms with Gasteiger partial charge in [0.1, 0.15) is 0 Å². The van der Waals surface area contributed by atoms with Crippen molar-refractivity contribution in [2.75, 3.05) is 13.3 Å². The fourth-order valence-corrected chi connectivity index (χ4v) is 3.57. The number of nitrogens with zero attached hydrogens (tertiary/aromatic N) is 1. The molecule has 1 unspecified atom stereocenters. The van der Waals surface area contributed by atoms with Gasteiger partial charge in [0.25, 0.3) is 0 Å². The second-order valence-corrected chi connectivity index (χ2v) is 8.73. The van der Waals surface area contributed by atoms with Gasteiger partial charge >= 0.3 is 0 Å². The molecule has 0 N–H and O–H groups in total. The Morgan fingerprint density at radius 3 is 2.08 bits per heavy atom. The number of halogens is 2. The lowest BCUT2D eigenvalue weighted by molar-refractivity contribution is -0.131. The van der Waals surface area contributed by atoms with Gasteiger partial charge < -0.3 is 4.90 Å². The van der Waals surface area contributed by atoms with Crippen molar-refractivity contribution in [3.63, 3.8) is 0 Å². The third-order valence-electron chi connectivity index (χ3n) is 4.15. The quantitative estimate of drug-likeness (QED) is 0.758. The van der Waals surface area contributed by atoms with Crippen molar-refractivity contribution >= 4 is 38.9 Å². The number of hydrogen-bond donors (Lipinski definition) is 0. The maximum atomic E-state index is 12.6. The van der Waals surface area contributed by atoms with Gasteiger partial charge in [-0.2, -0.15) is 0 Å². The Hall–Kier alpha value is -1.56. The molecule has 0 heterocycles. The normalized spacial score (nSPS) is 12.7. The van der Waals surface area contributed by atoms with E-state index in [0.717, 1.165) is 11.8 Å². The summed E-state index contributed by atoms with van der Waals surface area (Å²) in [5, 5.41) is 0.916. The van der Waals surface area contributed by atoms with Crippen molar-refractivity contribution in [1.29, 1.82) is 0 Å². The number of sulfone groups is 1. The lowest BCUT2D eigenvalue weighted by Gasteiger charge is -2.26. The third-order valence-corrected chi connectivity index (χ3v) is 5.99. The van der Waals surface area contributed by atoms with Crippen molar-refractivity contribution in [1.82, 2.24) is 4.90 Å². The summed E-state index contributed by atoms with van der Waals surface area (Å²) in [6, 6.07) is 11.4. The molecule has 2 rings (SSSR count). The molecule has 0 aliphatic carbocycles. The van der Waals surface area contributed by atoms with Crippen molar-refractivity contribution in [2.45, 2.75) is 24.3 Å². The minimum absolute atomic E-state index is 0.0980. The summed E-state index contributed by atoms with van der Waals surface area (Å²) in [5.74, 6) is -0.130. The van der Waals surface area contributed by atoms with E-state index in [1.54, 1.807) is 54.4 Å². The van der Waals surface area contributed by atoms with Crippen molar-refractivity contribution in [3.05, 3.63) is 63.6 Å². The molecule has 0 bridgehead atoms. The topological polar surface area (TPSA) is 54.5 Å². The molecule has 7 heteroatoms. The van der Waals surface area contributed by atoms with Gasteiger partial charge in [-0.3, -0.25) is 4.79 Å². The largest absolute Gasteiger partial charge is 0.339 e. The fraction of sp³-hybridized carbons (Fsp3) is 0.278. The predicted molar refractivity (Wildman–Crippen MR) is 101 cm³/mol. The second-order valence-electron chi connectivity index (χ2n) is 5.90. The maximum absolute atomic E-state index is 12.6. The minimum atomic E-state index is -3.24. The highest BCUT2D eigenvalue weighted by molar-refractivity contribution is 7.90. The number of benzene rings is 2. The van der Waals surface area contributed by atoms with Gasteiger partial charge in [0, 0.05) is 23.3 Å². The van der Waals surface area contributed by atoms with Crippen molar-refractivity contribution < 1.29 is 13.2 Å². The molecule has 0 spiro atoms. The smallest absolute Gasteiger partial charge is 0.227 e. The van der Waals surface area contributed by atoms with Crippen LogP contribution in [-0.4, -0.2) is 32.5 Å². The first kappa shape index (κ1) is 19.8. The van der Waals surface area contributed by atoms with E-state index in [9.17, 15) is 13.2 Å². The van der Waals surface area contributed by atoms with E-state index < -0.39 is 9.84 Å². The van der Waals surface area contributed by atoms with Crippen LogP contribution in [0.15, 0.2) is 47.4 Å². The van der Waals surface area contributed by atoms with Crippen LogP contribution in [0.3, 0.4) is 0 Å². The molecule has 0 aliphatic rings. The second kappa shape index (κ2) is 7.77. The zero-order valence-electron chi connectivity index (χ0n) is 14.2. The Morgan fingerprint density at radius 2 is 1.60 bits per heavy atom. The van der Waals surface area contributed by atoms with E-state index in [1.807, 2.05) is 6.92 Å². The highest BCUT2D eigenvalue weighted by Gasteiger charge is 2.20. The van der Waals surface area contributed by atoms with Gasteiger partial charge in [0.05, 0.1) is 17.4 Å². The fourth-order valence-electron chi connectivity index (χ4n) is 2.41. The van der Waals surface area contributed by atoms with E-state index >= 15 is 0 Å². The minimum Gasteiger partial charge on any atom is -0.339 e. The van der Waals surface area contributed by atoms with E-state index in [-0.39, 0.29) is 23.3 Å². The highest BCUT2D eigenvalue weighted by atomic mass is 35.5. The third kappa shape index (κ3) is 4.75. The van der Waals surface area contributed by atoms with Crippen LogP contribution in [0.5, 0.6) is 0 Å². The van der Waals surface area contributed by atoms with Gasteiger partial charge in [-0.05, 0) is 42.3 Å². The molecule has 25 heavy (non-hydrogen) atoms. The monoisotopic (exact) mass is 399 g/mol. The van der Waals surface area contributed by atoms with Crippen LogP contribution in [0.1, 0.15) is 24.1 Å². The SMILES string of the molecule is CC(c1ccc(S(C)(=O)=O)cc1)N(C)C(=O)Cc1c(Cl)cccc1Cl. The Labute approximate surface area is 158 Å². The molecule has 1 amide bonds. The van der Waals surface area contributed by atoms with E-state index in [2.05, 4.69) is 0 Å². The van der Waals surface area contributed by atoms with Crippen LogP contribution in [0.25, 0.3) is 0 Å². The van der Waals surface area contributed by atoms with Crippen LogP contribution >= 0.6 is 23.2 Å². The first-order valence-electron chi connectivity index (χ1n) is 7.60. The molecule has 4 nitrogen and oxygen atoms in total. The Kier molecular flexibility index (Phi) is 6.14. The highest BCUT2D eigenvalue weighted by Crippen LogP contribution is 2.27. The molecule has 0 radical (unpaired) electrons. The van der Waals surface area contributed by atoms with Crippen LogP contribution in [-0.2, 0) is 21.1 Å². The van der Waals surface area contributed by atoms with Crippen LogP contribution in [0, 0.1) is 0 Å². The maximum Gasteiger partial charge on any atom is 0.227 e. The lowest BCUT2D eigenvalue weighted by atomic mass is 10.1. The summed E-state index contributed by atoms with van der Waals surface area (Å²) < 4.78 is 23.1. The summed E-state index contributed by atoms with van der Waals surface area (Å²) in [6.45, 7) is 1.88. The van der Waals surface area contributed by atoms with E-state index in [4.69, 9.17) is 23.2 Å². The number of carbonyl (C=O) groups is 1. The molecule has 0 aliphatic heterocycles. The predicted octanol–water partition coefficient (Wildman–Crippen LogP) is 4.16. The molecular formula is C18H19Cl2NO3S. The summed E-state index contributed by atoms with van der Waals surface area (Å²) >= 11 is 12.2. The van der Waals surface area contributed by atoms with Gasteiger partial charge in [-0.15, -0.1) is 0 Å². The van der Waals surface area contributed by atoms with Crippen molar-refractivity contribution in [2.24, 2.45) is 0 Å². The molecule has 0 saturated carbocycles. The van der Waals surface area contributed by atoms with Gasteiger partial charge in [-0.1, -0.05) is 41.4 Å². The van der Waals surface area contributed by atoms with E-state index in [1.165, 1.54) is 0 Å². The number of carbonyl (C=O) groups excluding carboxylic acids is 1. The zero-order chi connectivity index (χ0) is 18.8. The number of amides is 1. The number of rotatable bonds is 5. The molecule has 2 aromatic carbocycles. The number of hydrogen-bond acceptors (Lipinski definition) is 3. The molecule has 0 aromatic heterocycles. The van der Waals surface area contributed by atoms with E-state index in [0.29, 0.717) is 15.6 Å². The van der Waals surface area contributed by atoms with Crippen LogP contribution in [0.2, 0.25) is 10.0 Å². The number of likely N-dealkylation sites (N-methyl/N-ethyl adjacent to an activating group) is 1. The zero-order valence-corrected chi connectivity index (χ0v) is 16.5. The average molecular weight is 400 g/mol. The lowest BCUT2D eigenvalue weighted by Crippen LogP contribution is -2.31. The first-order valence-corrected chi connectivity index (χ1v) is 10.2. The molecule has 1 atom stereocenters. The molecule has 0 fully saturated rings. The molecule has 134 valence electrons. The Balaban J connectivity index is 2.16. The molecular weight excluding hydrogens is 381 g/mol. The summed E-state index contributed by atoms with van der Waals surface area (Å²) in [4.78, 5) is 14.4.